The normalized spacial score (nSPS) is 12.1. The van der Waals surface area contributed by atoms with Crippen LogP contribution in [0.2, 0.25) is 5.15 Å². The number of carbonyl (C=O) groups is 1. The van der Waals surface area contributed by atoms with Gasteiger partial charge in [0.25, 0.3) is 5.91 Å². The Hall–Kier alpha value is -1.24. The van der Waals surface area contributed by atoms with Gasteiger partial charge in [0.2, 0.25) is 10.8 Å². The van der Waals surface area contributed by atoms with E-state index in [0.717, 1.165) is 5.69 Å². The third kappa shape index (κ3) is 2.91. The van der Waals surface area contributed by atoms with E-state index in [9.17, 15) is 4.79 Å². The van der Waals surface area contributed by atoms with Gasteiger partial charge in [-0.2, -0.15) is 4.37 Å². The number of hydrogen-bond donors (Lipinski definition) is 1. The lowest BCUT2D eigenvalue weighted by Crippen LogP contribution is -2.39. The van der Waals surface area contributed by atoms with E-state index in [-0.39, 0.29) is 5.91 Å². The minimum atomic E-state index is -0.164. The quantitative estimate of drug-likeness (QED) is 0.521. The van der Waals surface area contributed by atoms with Gasteiger partial charge in [0, 0.05) is 39.9 Å². The molecule has 0 aliphatic rings. The van der Waals surface area contributed by atoms with Crippen LogP contribution in [0.15, 0.2) is 30.3 Å². The summed E-state index contributed by atoms with van der Waals surface area (Å²) in [4.78, 5) is 11.2. The maximum Gasteiger partial charge on any atom is 0.341 e. The molecule has 1 aromatic carbocycles. The number of nitrogens with zero attached hydrogens (tertiary/aromatic N) is 2. The van der Waals surface area contributed by atoms with Gasteiger partial charge in [0.05, 0.1) is 0 Å². The maximum atomic E-state index is 11.2. The van der Waals surface area contributed by atoms with E-state index < -0.39 is 0 Å². The third-order valence-corrected chi connectivity index (χ3v) is 4.16. The highest BCUT2D eigenvalue weighted by Crippen LogP contribution is 2.10. The number of para-hydroxylation sites is 1. The maximum absolute atomic E-state index is 11.2. The van der Waals surface area contributed by atoms with Crippen LogP contribution in [0.25, 0.3) is 0 Å². The second kappa shape index (κ2) is 5.39. The van der Waals surface area contributed by atoms with Gasteiger partial charge in [-0.3, -0.25) is 4.79 Å². The zero-order valence-electron chi connectivity index (χ0n) is 8.88. The lowest BCUT2D eigenvalue weighted by Gasteiger charge is -1.99. The Labute approximate surface area is 110 Å². The summed E-state index contributed by atoms with van der Waals surface area (Å²) in [5.74, 6) is -0.164. The largest absolute Gasteiger partial charge is 0.341 e. The molecule has 0 unspecified atom stereocenters. The summed E-state index contributed by atoms with van der Waals surface area (Å²) in [7, 11) is 2.69. The van der Waals surface area contributed by atoms with Crippen molar-refractivity contribution in [1.82, 2.24) is 14.5 Å². The van der Waals surface area contributed by atoms with Crippen molar-refractivity contribution in [3.05, 3.63) is 40.2 Å². The van der Waals surface area contributed by atoms with Crippen LogP contribution in [-0.4, -0.2) is 10.3 Å². The zero-order chi connectivity index (χ0) is 12.3. The molecule has 17 heavy (non-hydrogen) atoms. The van der Waals surface area contributed by atoms with E-state index in [1.807, 2.05) is 30.3 Å². The van der Waals surface area contributed by atoms with E-state index in [0.29, 0.717) is 9.82 Å². The second-order valence-electron chi connectivity index (χ2n) is 3.18. The fourth-order valence-electron chi connectivity index (χ4n) is 1.26. The molecule has 1 heterocycles. The van der Waals surface area contributed by atoms with Crippen molar-refractivity contribution in [3.8, 4) is 0 Å². The minimum Gasteiger partial charge on any atom is -0.270 e. The molecule has 0 saturated carbocycles. The standard InChI is InChI=1S/C10H8ClN3OS2/c1-7(15)12-14(8-5-3-2-4-6-8)10-9(11)13-17-16-10/h2-6H,1H3/p+1. The molecule has 0 saturated heterocycles. The van der Waals surface area contributed by atoms with Crippen LogP contribution in [-0.2, 0) is 4.79 Å². The summed E-state index contributed by atoms with van der Waals surface area (Å²) in [6.07, 6.45) is 0. The molecule has 88 valence electrons. The molecule has 0 fully saturated rings. The van der Waals surface area contributed by atoms with E-state index in [2.05, 4.69) is 9.80 Å². The summed E-state index contributed by atoms with van der Waals surface area (Å²) >= 11 is 5.98. The molecular weight excluding hydrogens is 278 g/mol. The Balaban J connectivity index is 2.62. The number of nitrogens with one attached hydrogen (secondary N) is 1. The van der Waals surface area contributed by atoms with Crippen LogP contribution in [0, 0.1) is 0 Å². The molecule has 2 rings (SSSR count). The molecular formula is C10H9ClN3OS2+. The molecule has 0 bridgehead atoms. The highest BCUT2D eigenvalue weighted by molar-refractivity contribution is 7.66. The molecule has 0 spiro atoms. The van der Waals surface area contributed by atoms with Crippen molar-refractivity contribution in [2.24, 2.45) is 0 Å². The Morgan fingerprint density at radius 2 is 2.12 bits per heavy atom. The van der Waals surface area contributed by atoms with Gasteiger partial charge >= 0.3 is 4.67 Å². The Morgan fingerprint density at radius 3 is 2.65 bits per heavy atom. The van der Waals surface area contributed by atoms with Crippen LogP contribution in [0.5, 0.6) is 0 Å². The van der Waals surface area contributed by atoms with Crippen LogP contribution in [0.1, 0.15) is 6.92 Å². The first-order valence-corrected chi connectivity index (χ1v) is 7.24. The van der Waals surface area contributed by atoms with Crippen LogP contribution >= 0.6 is 32.5 Å². The number of hydrazine groups is 1. The number of halogens is 1. The summed E-state index contributed by atoms with van der Waals surface area (Å²) in [6, 6.07) is 9.46. The Kier molecular flexibility index (Phi) is 3.88. The van der Waals surface area contributed by atoms with Crippen molar-refractivity contribution in [2.75, 3.05) is 0 Å². The lowest BCUT2D eigenvalue weighted by molar-refractivity contribution is -0.120. The Morgan fingerprint density at radius 1 is 1.41 bits per heavy atom. The van der Waals surface area contributed by atoms with Crippen molar-refractivity contribution in [3.63, 3.8) is 0 Å². The molecule has 4 nitrogen and oxygen atoms in total. The molecule has 2 aromatic rings. The van der Waals surface area contributed by atoms with Gasteiger partial charge in [0.15, 0.2) is 0 Å². The second-order valence-corrected chi connectivity index (χ2v) is 5.37. The molecule has 1 aromatic heterocycles. The molecule has 1 amide bonds. The fraction of sp³-hybridized carbons (Fsp3) is 0.100. The first-order chi connectivity index (χ1) is 8.18. The first kappa shape index (κ1) is 12.2. The average Bonchev–Trinajstić information content (AvgIpc) is 2.73. The molecule has 7 heteroatoms. The van der Waals surface area contributed by atoms with Crippen LogP contribution in [0.3, 0.4) is 0 Å². The topological polar surface area (TPSA) is 45.0 Å². The minimum absolute atomic E-state index is 0.164. The van der Waals surface area contributed by atoms with E-state index in [1.165, 1.54) is 27.8 Å². The third-order valence-electron chi connectivity index (χ3n) is 1.90. The smallest absolute Gasteiger partial charge is 0.270 e. The predicted molar refractivity (Wildman–Crippen MR) is 70.2 cm³/mol. The first-order valence-electron chi connectivity index (χ1n) is 4.75. The van der Waals surface area contributed by atoms with E-state index in [1.54, 1.807) is 4.68 Å². The van der Waals surface area contributed by atoms with E-state index in [4.69, 9.17) is 11.6 Å². The number of aromatic nitrogens is 1. The highest BCUT2D eigenvalue weighted by Gasteiger charge is 2.17. The molecule has 0 radical (unpaired) electrons. The van der Waals surface area contributed by atoms with Crippen LogP contribution < -0.4 is 14.8 Å². The summed E-state index contributed by atoms with van der Waals surface area (Å²) in [5.41, 5.74) is 3.56. The van der Waals surface area contributed by atoms with Gasteiger partial charge in [-0.25, -0.2) is 0 Å². The van der Waals surface area contributed by atoms with Crippen LogP contribution in [0.4, 0.5) is 5.69 Å². The molecule has 0 atom stereocenters. The van der Waals surface area contributed by atoms with Gasteiger partial charge in [-0.1, -0.05) is 34.5 Å². The summed E-state index contributed by atoms with van der Waals surface area (Å²) < 4.78 is 6.35. The van der Waals surface area contributed by atoms with Gasteiger partial charge in [-0.15, -0.1) is 5.43 Å². The Bertz CT molecular complexity index is 591. The van der Waals surface area contributed by atoms with Gasteiger partial charge in [0.1, 0.15) is 0 Å². The van der Waals surface area contributed by atoms with Crippen molar-refractivity contribution < 1.29 is 4.79 Å². The molecule has 0 aliphatic heterocycles. The number of carbonyl (C=O) groups excluding carboxylic acids is 1. The number of amides is 1. The van der Waals surface area contributed by atoms with Crippen molar-refractivity contribution in [1.29, 1.82) is 0 Å². The highest BCUT2D eigenvalue weighted by atomic mass is 35.5. The fourth-order valence-corrected chi connectivity index (χ4v) is 3.49. The van der Waals surface area contributed by atoms with Gasteiger partial charge in [-0.05, 0) is 0 Å². The predicted octanol–water partition coefficient (Wildman–Crippen LogP) is 2.01. The average molecular weight is 287 g/mol. The van der Waals surface area contributed by atoms with Crippen molar-refractivity contribution in [2.45, 2.75) is 6.92 Å². The number of benzene rings is 1. The number of hydrogen-bond acceptors (Lipinski definition) is 4. The zero-order valence-corrected chi connectivity index (χ0v) is 11.3. The van der Waals surface area contributed by atoms with Gasteiger partial charge < -0.3 is 0 Å². The molecule has 1 N–H and O–H groups in total. The lowest BCUT2D eigenvalue weighted by atomic mass is 10.3. The SMILES string of the molecule is CC(=O)N/[N+](c1ccccc1)=c1/ssnc1Cl. The monoisotopic (exact) mass is 286 g/mol. The number of rotatable bonds is 2. The molecule has 0 aliphatic carbocycles. The summed E-state index contributed by atoms with van der Waals surface area (Å²) in [5, 5.41) is 0.387. The van der Waals surface area contributed by atoms with Crippen molar-refractivity contribution >= 4 is 44.1 Å². The summed E-state index contributed by atoms with van der Waals surface area (Å²) in [6.45, 7) is 1.45. The van der Waals surface area contributed by atoms with E-state index >= 15 is 0 Å².